The molecule has 0 spiro atoms. The van der Waals surface area contributed by atoms with Crippen LogP contribution >= 0.6 is 11.6 Å². The first kappa shape index (κ1) is 22.5. The highest BCUT2D eigenvalue weighted by Crippen LogP contribution is 2.35. The SMILES string of the molecule is C#CCOc1c(S(=O)(=O)N(C)C)ccc2[nH]c(-c3nc4ccc(Cl)cc4cc3C(=O)O)nc12. The topological polar surface area (TPSA) is 125 Å². The van der Waals surface area contributed by atoms with Crippen molar-refractivity contribution in [3.05, 3.63) is 47.0 Å². The number of aromatic carboxylic acids is 1. The van der Waals surface area contributed by atoms with Gasteiger partial charge in [0.05, 0.1) is 16.6 Å². The number of sulfonamides is 1. The number of ether oxygens (including phenoxy) is 1. The van der Waals surface area contributed by atoms with Crippen LogP contribution in [0.15, 0.2) is 41.3 Å². The van der Waals surface area contributed by atoms with E-state index in [9.17, 15) is 18.3 Å². The largest absolute Gasteiger partial charge is 0.478 e. The maximum absolute atomic E-state index is 12.8. The van der Waals surface area contributed by atoms with E-state index in [0.29, 0.717) is 21.4 Å². The number of H-pyrrole nitrogens is 1. The van der Waals surface area contributed by atoms with Crippen molar-refractivity contribution >= 4 is 49.5 Å². The minimum atomic E-state index is -3.88. The van der Waals surface area contributed by atoms with Crippen LogP contribution in [0.2, 0.25) is 5.02 Å². The fourth-order valence-corrected chi connectivity index (χ4v) is 4.49. The highest BCUT2D eigenvalue weighted by Gasteiger charge is 2.27. The lowest BCUT2D eigenvalue weighted by molar-refractivity contribution is 0.0697. The molecule has 9 nitrogen and oxygen atoms in total. The Morgan fingerprint density at radius 2 is 2.00 bits per heavy atom. The van der Waals surface area contributed by atoms with Gasteiger partial charge in [-0.2, -0.15) is 0 Å². The van der Waals surface area contributed by atoms with Crippen LogP contribution in [0.1, 0.15) is 10.4 Å². The number of terminal acetylenes is 1. The molecule has 168 valence electrons. The third-order valence-electron chi connectivity index (χ3n) is 4.86. The molecule has 0 bridgehead atoms. The van der Waals surface area contributed by atoms with Crippen LogP contribution in [-0.2, 0) is 10.0 Å². The zero-order valence-corrected chi connectivity index (χ0v) is 19.0. The van der Waals surface area contributed by atoms with Gasteiger partial charge in [0.15, 0.2) is 11.6 Å². The van der Waals surface area contributed by atoms with Gasteiger partial charge in [-0.05, 0) is 36.4 Å². The first-order valence-corrected chi connectivity index (χ1v) is 11.3. The molecule has 0 aliphatic heterocycles. The summed E-state index contributed by atoms with van der Waals surface area (Å²) in [6, 6.07) is 9.27. The second kappa shape index (κ2) is 8.37. The lowest BCUT2D eigenvalue weighted by Crippen LogP contribution is -2.23. The Labute approximate surface area is 194 Å². The Balaban J connectivity index is 1.99. The van der Waals surface area contributed by atoms with Crippen molar-refractivity contribution in [1.29, 1.82) is 0 Å². The molecule has 2 aromatic carbocycles. The third-order valence-corrected chi connectivity index (χ3v) is 6.94. The van der Waals surface area contributed by atoms with Crippen LogP contribution in [0.5, 0.6) is 5.75 Å². The lowest BCUT2D eigenvalue weighted by atomic mass is 10.1. The molecule has 11 heteroatoms. The molecule has 0 aliphatic rings. The zero-order chi connectivity index (χ0) is 23.9. The maximum Gasteiger partial charge on any atom is 0.338 e. The van der Waals surface area contributed by atoms with Crippen molar-refractivity contribution in [1.82, 2.24) is 19.3 Å². The second-order valence-electron chi connectivity index (χ2n) is 7.18. The van der Waals surface area contributed by atoms with Crippen LogP contribution in [-0.4, -0.2) is 59.5 Å². The number of hydrogen-bond acceptors (Lipinski definition) is 6. The average Bonchev–Trinajstić information content (AvgIpc) is 3.20. The van der Waals surface area contributed by atoms with E-state index in [1.54, 1.807) is 18.2 Å². The number of aromatic nitrogens is 3. The van der Waals surface area contributed by atoms with Crippen molar-refractivity contribution in [2.75, 3.05) is 20.7 Å². The number of benzene rings is 2. The minimum absolute atomic E-state index is 0.0360. The van der Waals surface area contributed by atoms with Gasteiger partial charge >= 0.3 is 5.97 Å². The second-order valence-corrected chi connectivity index (χ2v) is 9.74. The van der Waals surface area contributed by atoms with Crippen molar-refractivity contribution in [3.8, 4) is 29.6 Å². The molecule has 2 heterocycles. The number of fused-ring (bicyclic) bond motifs is 2. The van der Waals surface area contributed by atoms with Gasteiger partial charge in [0, 0.05) is 24.5 Å². The summed E-state index contributed by atoms with van der Waals surface area (Å²) >= 11 is 6.02. The molecular formula is C22H17ClN4O5S. The molecule has 4 aromatic rings. The van der Waals surface area contributed by atoms with E-state index in [1.807, 2.05) is 0 Å². The summed E-state index contributed by atoms with van der Waals surface area (Å²) in [5.41, 5.74) is 1.09. The molecule has 0 saturated heterocycles. The summed E-state index contributed by atoms with van der Waals surface area (Å²) in [5.74, 6) is 1.19. The van der Waals surface area contributed by atoms with Crippen LogP contribution in [0.3, 0.4) is 0 Å². The van der Waals surface area contributed by atoms with Gasteiger partial charge in [0.1, 0.15) is 22.7 Å². The van der Waals surface area contributed by atoms with Crippen LogP contribution < -0.4 is 4.74 Å². The monoisotopic (exact) mass is 484 g/mol. The standard InChI is InChI=1S/C22H17ClN4O5S/c1-4-9-32-20-17(33(30,31)27(2)3)8-7-16-19(20)26-21(25-16)18-14(22(28)29)11-12-10-13(23)5-6-15(12)24-18/h1,5-8,10-11H,9H2,2-3H3,(H,25,26)(H,28,29). The highest BCUT2D eigenvalue weighted by atomic mass is 35.5. The first-order chi connectivity index (χ1) is 15.6. The number of rotatable bonds is 6. The predicted molar refractivity (Wildman–Crippen MR) is 124 cm³/mol. The summed E-state index contributed by atoms with van der Waals surface area (Å²) in [7, 11) is -1.09. The Hall–Kier alpha value is -3.65. The van der Waals surface area contributed by atoms with Crippen LogP contribution in [0, 0.1) is 12.3 Å². The number of hydrogen-bond donors (Lipinski definition) is 2. The quantitative estimate of drug-likeness (QED) is 0.402. The van der Waals surface area contributed by atoms with Crippen molar-refractivity contribution < 1.29 is 23.1 Å². The summed E-state index contributed by atoms with van der Waals surface area (Å²) in [5, 5.41) is 10.8. The molecule has 2 N–H and O–H groups in total. The van der Waals surface area contributed by atoms with Gasteiger partial charge in [0.25, 0.3) is 0 Å². The molecule has 0 radical (unpaired) electrons. The van der Waals surface area contributed by atoms with Crippen LogP contribution in [0.4, 0.5) is 0 Å². The molecule has 0 amide bonds. The normalized spacial score (nSPS) is 11.7. The Kier molecular flexibility index (Phi) is 5.71. The maximum atomic E-state index is 12.8. The number of carboxylic acids is 1. The molecule has 0 unspecified atom stereocenters. The van der Waals surface area contributed by atoms with Crippen LogP contribution in [0.25, 0.3) is 33.5 Å². The smallest absolute Gasteiger partial charge is 0.338 e. The molecule has 0 saturated carbocycles. The number of aromatic amines is 1. The number of carbonyl (C=O) groups is 1. The van der Waals surface area contributed by atoms with Gasteiger partial charge in [-0.25, -0.2) is 27.5 Å². The molecular weight excluding hydrogens is 468 g/mol. The number of carboxylic acid groups (broad SMARTS) is 1. The van der Waals surface area contributed by atoms with Gasteiger partial charge in [-0.3, -0.25) is 0 Å². The predicted octanol–water partition coefficient (Wildman–Crippen LogP) is 3.39. The Morgan fingerprint density at radius 1 is 1.24 bits per heavy atom. The first-order valence-electron chi connectivity index (χ1n) is 9.49. The molecule has 0 aliphatic carbocycles. The lowest BCUT2D eigenvalue weighted by Gasteiger charge is -2.15. The fraction of sp³-hybridized carbons (Fsp3) is 0.136. The summed E-state index contributed by atoms with van der Waals surface area (Å²) in [6.07, 6.45) is 5.30. The number of imidazole rings is 1. The van der Waals surface area contributed by atoms with E-state index in [0.717, 1.165) is 4.31 Å². The number of halogens is 1. The Morgan fingerprint density at radius 3 is 2.67 bits per heavy atom. The van der Waals surface area contributed by atoms with E-state index >= 15 is 0 Å². The van der Waals surface area contributed by atoms with E-state index in [1.165, 1.54) is 32.3 Å². The van der Waals surface area contributed by atoms with Gasteiger partial charge in [-0.15, -0.1) is 6.42 Å². The van der Waals surface area contributed by atoms with Crippen molar-refractivity contribution in [2.45, 2.75) is 4.90 Å². The highest BCUT2D eigenvalue weighted by molar-refractivity contribution is 7.89. The van der Waals surface area contributed by atoms with Gasteiger partial charge in [0.2, 0.25) is 10.0 Å². The molecule has 0 atom stereocenters. The summed E-state index contributed by atoms with van der Waals surface area (Å²) in [4.78, 5) is 23.8. The van der Waals surface area contributed by atoms with E-state index in [2.05, 4.69) is 20.9 Å². The fourth-order valence-electron chi connectivity index (χ4n) is 3.29. The Bertz CT molecular complexity index is 1570. The van der Waals surface area contributed by atoms with E-state index < -0.39 is 16.0 Å². The van der Waals surface area contributed by atoms with Gasteiger partial charge in [-0.1, -0.05) is 17.5 Å². The molecule has 0 fully saturated rings. The number of nitrogens with zero attached hydrogens (tertiary/aromatic N) is 3. The van der Waals surface area contributed by atoms with E-state index in [4.69, 9.17) is 22.8 Å². The van der Waals surface area contributed by atoms with Gasteiger partial charge < -0.3 is 14.8 Å². The number of pyridine rings is 1. The summed E-state index contributed by atoms with van der Waals surface area (Å²) in [6.45, 7) is -0.188. The molecule has 33 heavy (non-hydrogen) atoms. The van der Waals surface area contributed by atoms with E-state index in [-0.39, 0.29) is 39.9 Å². The third kappa shape index (κ3) is 3.98. The van der Waals surface area contributed by atoms with Crippen molar-refractivity contribution in [2.24, 2.45) is 0 Å². The minimum Gasteiger partial charge on any atom is -0.478 e. The molecule has 4 rings (SSSR count). The number of nitrogens with one attached hydrogen (secondary N) is 1. The summed E-state index contributed by atoms with van der Waals surface area (Å²) < 4.78 is 32.2. The zero-order valence-electron chi connectivity index (χ0n) is 17.5. The molecule has 2 aromatic heterocycles. The average molecular weight is 485 g/mol. The van der Waals surface area contributed by atoms with Crippen molar-refractivity contribution in [3.63, 3.8) is 0 Å².